The lowest BCUT2D eigenvalue weighted by atomic mass is 10.0. The van der Waals surface area contributed by atoms with Crippen LogP contribution in [0.15, 0.2) is 54.2 Å². The summed E-state index contributed by atoms with van der Waals surface area (Å²) in [6.07, 6.45) is 6.48. The monoisotopic (exact) mass is 432 g/mol. The number of carbonyl (C=O) groups excluding carboxylic acids is 1. The highest BCUT2D eigenvalue weighted by atomic mass is 32.1. The lowest BCUT2D eigenvalue weighted by Crippen LogP contribution is -2.40. The molecule has 1 fully saturated rings. The first-order valence-corrected chi connectivity index (χ1v) is 11.4. The highest BCUT2D eigenvalue weighted by molar-refractivity contribution is 7.13. The van der Waals surface area contributed by atoms with Crippen molar-refractivity contribution in [2.75, 3.05) is 0 Å². The van der Waals surface area contributed by atoms with Crippen molar-refractivity contribution >= 4 is 28.3 Å². The van der Waals surface area contributed by atoms with Crippen LogP contribution in [0.1, 0.15) is 40.9 Å². The second-order valence-electron chi connectivity index (χ2n) is 8.12. The van der Waals surface area contributed by atoms with Crippen molar-refractivity contribution < 1.29 is 9.90 Å². The molecule has 0 unspecified atom stereocenters. The zero-order chi connectivity index (χ0) is 21.4. The SMILES string of the molecule is Cn1ccc2c(Cc3ccc(-c4nccs4)cc3)cc(C(=O)N[C@H]3CCC[C@@H]3O)nc21. The number of thiazole rings is 1. The van der Waals surface area contributed by atoms with Gasteiger partial charge in [0.05, 0.1) is 12.1 Å². The molecule has 1 aliphatic rings. The van der Waals surface area contributed by atoms with Crippen molar-refractivity contribution in [3.8, 4) is 10.6 Å². The Morgan fingerprint density at radius 2 is 2.10 bits per heavy atom. The van der Waals surface area contributed by atoms with E-state index in [2.05, 4.69) is 39.6 Å². The second kappa shape index (κ2) is 8.24. The van der Waals surface area contributed by atoms with E-state index < -0.39 is 6.10 Å². The molecule has 2 atom stereocenters. The number of rotatable bonds is 5. The summed E-state index contributed by atoms with van der Waals surface area (Å²) in [7, 11) is 1.93. The predicted octanol–water partition coefficient (Wildman–Crippen LogP) is 3.93. The molecule has 1 saturated carbocycles. The third-order valence-electron chi connectivity index (χ3n) is 5.98. The Balaban J connectivity index is 1.44. The smallest absolute Gasteiger partial charge is 0.270 e. The number of fused-ring (bicyclic) bond motifs is 1. The van der Waals surface area contributed by atoms with Crippen LogP contribution in [0.25, 0.3) is 21.6 Å². The Hall–Kier alpha value is -3.03. The summed E-state index contributed by atoms with van der Waals surface area (Å²) >= 11 is 1.62. The number of carbonyl (C=O) groups is 1. The number of aromatic nitrogens is 3. The van der Waals surface area contributed by atoms with Gasteiger partial charge in [-0.05, 0) is 48.9 Å². The fourth-order valence-corrected chi connectivity index (χ4v) is 4.91. The van der Waals surface area contributed by atoms with Crippen molar-refractivity contribution in [2.24, 2.45) is 7.05 Å². The summed E-state index contributed by atoms with van der Waals surface area (Å²) in [6.45, 7) is 0. The fourth-order valence-electron chi connectivity index (χ4n) is 4.27. The molecule has 158 valence electrons. The van der Waals surface area contributed by atoms with Gasteiger partial charge in [-0.2, -0.15) is 0 Å². The number of pyridine rings is 1. The average molecular weight is 433 g/mol. The van der Waals surface area contributed by atoms with Gasteiger partial charge in [-0.25, -0.2) is 9.97 Å². The molecule has 1 amide bonds. The lowest BCUT2D eigenvalue weighted by molar-refractivity contribution is 0.0868. The Bertz CT molecular complexity index is 1210. The van der Waals surface area contributed by atoms with Crippen LogP contribution in [0.4, 0.5) is 0 Å². The summed E-state index contributed by atoms with van der Waals surface area (Å²) < 4.78 is 1.94. The maximum absolute atomic E-state index is 12.9. The van der Waals surface area contributed by atoms with E-state index in [0.717, 1.165) is 52.0 Å². The van der Waals surface area contributed by atoms with Crippen LogP contribution in [0.5, 0.6) is 0 Å². The molecule has 5 rings (SSSR count). The van der Waals surface area contributed by atoms with Gasteiger partial charge in [0.1, 0.15) is 16.3 Å². The predicted molar refractivity (Wildman–Crippen MR) is 122 cm³/mol. The van der Waals surface area contributed by atoms with Gasteiger partial charge >= 0.3 is 0 Å². The molecule has 6 nitrogen and oxygen atoms in total. The van der Waals surface area contributed by atoms with E-state index in [-0.39, 0.29) is 11.9 Å². The van der Waals surface area contributed by atoms with Gasteiger partial charge in [-0.1, -0.05) is 24.3 Å². The molecule has 1 aromatic carbocycles. The summed E-state index contributed by atoms with van der Waals surface area (Å²) in [4.78, 5) is 21.9. The number of aliphatic hydroxyl groups excluding tert-OH is 1. The summed E-state index contributed by atoms with van der Waals surface area (Å²) in [5.41, 5.74) is 4.50. The maximum Gasteiger partial charge on any atom is 0.270 e. The Morgan fingerprint density at radius 3 is 2.81 bits per heavy atom. The molecule has 0 radical (unpaired) electrons. The van der Waals surface area contributed by atoms with E-state index in [0.29, 0.717) is 12.1 Å². The number of nitrogens with one attached hydrogen (secondary N) is 1. The number of benzene rings is 1. The molecular formula is C24H24N4O2S. The largest absolute Gasteiger partial charge is 0.391 e. The third kappa shape index (κ3) is 3.98. The van der Waals surface area contributed by atoms with Gasteiger partial charge in [0.15, 0.2) is 0 Å². The van der Waals surface area contributed by atoms with Crippen molar-refractivity contribution in [3.63, 3.8) is 0 Å². The zero-order valence-corrected chi connectivity index (χ0v) is 18.1. The molecule has 0 saturated heterocycles. The van der Waals surface area contributed by atoms with Crippen LogP contribution < -0.4 is 5.32 Å². The Labute approximate surface area is 184 Å². The minimum absolute atomic E-state index is 0.194. The Kier molecular flexibility index (Phi) is 5.29. The second-order valence-corrected chi connectivity index (χ2v) is 9.01. The Morgan fingerprint density at radius 1 is 1.26 bits per heavy atom. The summed E-state index contributed by atoms with van der Waals surface area (Å²) in [6, 6.07) is 12.1. The van der Waals surface area contributed by atoms with Crippen LogP contribution in [-0.2, 0) is 13.5 Å². The molecule has 0 aliphatic heterocycles. The molecule has 4 aromatic rings. The first-order valence-electron chi connectivity index (χ1n) is 10.5. The fraction of sp³-hybridized carbons (Fsp3) is 0.292. The first-order chi connectivity index (χ1) is 15.1. The van der Waals surface area contributed by atoms with E-state index >= 15 is 0 Å². The third-order valence-corrected chi connectivity index (χ3v) is 6.80. The van der Waals surface area contributed by atoms with Crippen LogP contribution in [0, 0.1) is 0 Å². The van der Waals surface area contributed by atoms with Crippen molar-refractivity contribution in [3.05, 3.63) is 71.0 Å². The topological polar surface area (TPSA) is 80.0 Å². The highest BCUT2D eigenvalue weighted by Crippen LogP contribution is 2.26. The van der Waals surface area contributed by atoms with Crippen LogP contribution >= 0.6 is 11.3 Å². The molecule has 0 bridgehead atoms. The molecule has 0 spiro atoms. The molecule has 3 heterocycles. The molecule has 7 heteroatoms. The van der Waals surface area contributed by atoms with E-state index in [1.807, 2.05) is 41.5 Å². The van der Waals surface area contributed by atoms with Gasteiger partial charge in [-0.3, -0.25) is 4.79 Å². The van der Waals surface area contributed by atoms with Crippen molar-refractivity contribution in [1.82, 2.24) is 19.9 Å². The van der Waals surface area contributed by atoms with Crippen LogP contribution in [-0.4, -0.2) is 37.7 Å². The summed E-state index contributed by atoms with van der Waals surface area (Å²) in [5, 5.41) is 17.1. The molecular weight excluding hydrogens is 408 g/mol. The van der Waals surface area contributed by atoms with Crippen molar-refractivity contribution in [2.45, 2.75) is 37.8 Å². The number of hydrogen-bond donors (Lipinski definition) is 2. The standard InChI is InChI=1S/C24H24N4O2S/c1-28-11-9-18-17(13-15-5-7-16(8-6-15)24-25-10-12-31-24)14-20(26-22(18)28)23(30)27-19-3-2-4-21(19)29/h5-12,14,19,21,29H,2-4,13H2,1H3,(H,27,30)/t19-,21-/m0/s1. The van der Waals surface area contributed by atoms with Gasteiger partial charge in [0.25, 0.3) is 5.91 Å². The van der Waals surface area contributed by atoms with Crippen LogP contribution in [0.2, 0.25) is 0 Å². The van der Waals surface area contributed by atoms with E-state index in [4.69, 9.17) is 0 Å². The van der Waals surface area contributed by atoms with E-state index in [9.17, 15) is 9.90 Å². The summed E-state index contributed by atoms with van der Waals surface area (Å²) in [5.74, 6) is -0.227. The van der Waals surface area contributed by atoms with E-state index in [1.165, 1.54) is 0 Å². The number of amides is 1. The maximum atomic E-state index is 12.9. The number of aliphatic hydroxyl groups is 1. The zero-order valence-electron chi connectivity index (χ0n) is 17.3. The van der Waals surface area contributed by atoms with Gasteiger partial charge < -0.3 is 15.0 Å². The van der Waals surface area contributed by atoms with Crippen LogP contribution in [0.3, 0.4) is 0 Å². The average Bonchev–Trinajstić information content (AvgIpc) is 3.52. The van der Waals surface area contributed by atoms with Gasteiger partial charge in [-0.15, -0.1) is 11.3 Å². The molecule has 1 aliphatic carbocycles. The number of hydrogen-bond acceptors (Lipinski definition) is 5. The normalized spacial score (nSPS) is 18.5. The number of aryl methyl sites for hydroxylation is 1. The highest BCUT2D eigenvalue weighted by Gasteiger charge is 2.27. The quantitative estimate of drug-likeness (QED) is 0.501. The van der Waals surface area contributed by atoms with Crippen molar-refractivity contribution in [1.29, 1.82) is 0 Å². The minimum Gasteiger partial charge on any atom is -0.391 e. The molecule has 3 aromatic heterocycles. The van der Waals surface area contributed by atoms with Gasteiger partial charge in [0, 0.05) is 35.8 Å². The minimum atomic E-state index is -0.474. The lowest BCUT2D eigenvalue weighted by Gasteiger charge is -2.16. The molecule has 2 N–H and O–H groups in total. The van der Waals surface area contributed by atoms with E-state index in [1.54, 1.807) is 11.3 Å². The molecule has 31 heavy (non-hydrogen) atoms. The first kappa shape index (κ1) is 19.9. The van der Waals surface area contributed by atoms with Gasteiger partial charge in [0.2, 0.25) is 0 Å². The number of nitrogens with zero attached hydrogens (tertiary/aromatic N) is 3.